The average molecular weight is 320 g/mol. The fraction of sp³-hybridized carbons (Fsp3) is 0.765. The molecule has 2 aliphatic heterocycles. The fourth-order valence-electron chi connectivity index (χ4n) is 3.79. The Morgan fingerprint density at radius 3 is 2.91 bits per heavy atom. The maximum Gasteiger partial charge on any atom is 0.147 e. The number of anilines is 1. The second kappa shape index (κ2) is 7.55. The van der Waals surface area contributed by atoms with E-state index in [-0.39, 0.29) is 0 Å². The van der Waals surface area contributed by atoms with Crippen molar-refractivity contribution < 1.29 is 9.84 Å². The molecule has 0 bridgehead atoms. The molecule has 0 aromatic carbocycles. The maximum absolute atomic E-state index is 10.7. The van der Waals surface area contributed by atoms with Gasteiger partial charge >= 0.3 is 0 Å². The van der Waals surface area contributed by atoms with Gasteiger partial charge in [-0.1, -0.05) is 0 Å². The molecule has 0 amide bonds. The molecule has 3 heterocycles. The zero-order chi connectivity index (χ0) is 16.1. The summed E-state index contributed by atoms with van der Waals surface area (Å²) < 4.78 is 5.38. The molecule has 1 aromatic heterocycles. The van der Waals surface area contributed by atoms with E-state index in [1.165, 1.54) is 12.8 Å². The smallest absolute Gasteiger partial charge is 0.147 e. The van der Waals surface area contributed by atoms with Crippen molar-refractivity contribution in [3.05, 3.63) is 18.1 Å². The molecule has 2 saturated heterocycles. The van der Waals surface area contributed by atoms with Crippen LogP contribution in [0.5, 0.6) is 0 Å². The molecule has 0 saturated carbocycles. The van der Waals surface area contributed by atoms with Gasteiger partial charge in [-0.15, -0.1) is 0 Å². The van der Waals surface area contributed by atoms with Gasteiger partial charge in [0.25, 0.3) is 0 Å². The number of hydrogen-bond donors (Lipinski definition) is 2. The Bertz CT molecular complexity index is 505. The van der Waals surface area contributed by atoms with Crippen molar-refractivity contribution in [1.29, 1.82) is 0 Å². The largest absolute Gasteiger partial charge is 0.388 e. The van der Waals surface area contributed by atoms with E-state index in [0.717, 1.165) is 50.4 Å². The highest BCUT2D eigenvalue weighted by Gasteiger charge is 2.33. The van der Waals surface area contributed by atoms with Crippen molar-refractivity contribution in [3.63, 3.8) is 0 Å². The molecule has 1 aromatic rings. The summed E-state index contributed by atoms with van der Waals surface area (Å²) in [5, 5.41) is 13.9. The van der Waals surface area contributed by atoms with Gasteiger partial charge < -0.3 is 20.1 Å². The van der Waals surface area contributed by atoms with E-state index >= 15 is 0 Å². The van der Waals surface area contributed by atoms with Crippen molar-refractivity contribution in [2.75, 3.05) is 45.2 Å². The van der Waals surface area contributed by atoms with E-state index < -0.39 is 5.60 Å². The number of piperidine rings is 1. The van der Waals surface area contributed by atoms with Gasteiger partial charge in [-0.3, -0.25) is 4.98 Å². The van der Waals surface area contributed by atoms with E-state index in [9.17, 15) is 5.11 Å². The van der Waals surface area contributed by atoms with Gasteiger partial charge in [0.15, 0.2) is 0 Å². The van der Waals surface area contributed by atoms with Crippen molar-refractivity contribution in [2.24, 2.45) is 5.92 Å². The fourth-order valence-corrected chi connectivity index (χ4v) is 3.79. The topological polar surface area (TPSA) is 70.5 Å². The number of β-amino-alcohol motifs (C(OH)–C–C–N with tert-alkyl or cyclic N) is 1. The number of nitrogens with zero attached hydrogens (tertiary/aromatic N) is 3. The van der Waals surface area contributed by atoms with Gasteiger partial charge in [-0.05, 0) is 31.7 Å². The van der Waals surface area contributed by atoms with Crippen LogP contribution in [0.15, 0.2) is 12.4 Å². The number of aliphatic hydroxyl groups is 1. The molecule has 2 aliphatic rings. The van der Waals surface area contributed by atoms with Crippen LogP contribution in [0.25, 0.3) is 0 Å². The Labute approximate surface area is 138 Å². The first kappa shape index (κ1) is 16.6. The van der Waals surface area contributed by atoms with Gasteiger partial charge in [0.2, 0.25) is 0 Å². The molecule has 6 heteroatoms. The summed E-state index contributed by atoms with van der Waals surface area (Å²) in [4.78, 5) is 11.3. The summed E-state index contributed by atoms with van der Waals surface area (Å²) in [6, 6.07) is 0. The molecule has 3 rings (SSSR count). The van der Waals surface area contributed by atoms with Crippen LogP contribution >= 0.6 is 0 Å². The van der Waals surface area contributed by atoms with Gasteiger partial charge in [0.1, 0.15) is 5.82 Å². The molecule has 2 fully saturated rings. The first-order chi connectivity index (χ1) is 11.2. The number of rotatable bonds is 5. The third kappa shape index (κ3) is 4.40. The summed E-state index contributed by atoms with van der Waals surface area (Å²) >= 11 is 0. The van der Waals surface area contributed by atoms with Gasteiger partial charge in [0, 0.05) is 58.6 Å². The highest BCUT2D eigenvalue weighted by Crippen LogP contribution is 2.27. The summed E-state index contributed by atoms with van der Waals surface area (Å²) in [6.07, 6.45) is 8.35. The minimum Gasteiger partial charge on any atom is -0.388 e. The van der Waals surface area contributed by atoms with E-state index in [4.69, 9.17) is 4.74 Å². The molecule has 128 valence electrons. The van der Waals surface area contributed by atoms with Crippen LogP contribution in [0.4, 0.5) is 5.82 Å². The van der Waals surface area contributed by atoms with E-state index in [1.54, 1.807) is 12.4 Å². The highest BCUT2D eigenvalue weighted by atomic mass is 16.5. The van der Waals surface area contributed by atoms with Crippen LogP contribution in [-0.4, -0.2) is 65.5 Å². The monoisotopic (exact) mass is 320 g/mol. The van der Waals surface area contributed by atoms with Crippen molar-refractivity contribution >= 4 is 5.82 Å². The van der Waals surface area contributed by atoms with Crippen LogP contribution in [0.1, 0.15) is 31.4 Å². The number of likely N-dealkylation sites (tertiary alicyclic amines) is 1. The second-order valence-electron chi connectivity index (χ2n) is 6.89. The minimum atomic E-state index is -0.567. The SMILES string of the molecule is CNc1nccnc1C[C@H]1CCCN(CC2(O)CCOCC2)C1. The number of hydrogen-bond acceptors (Lipinski definition) is 6. The zero-order valence-corrected chi connectivity index (χ0v) is 14.0. The Kier molecular flexibility index (Phi) is 5.46. The number of aromatic nitrogens is 2. The Morgan fingerprint density at radius 1 is 1.35 bits per heavy atom. The van der Waals surface area contributed by atoms with Crippen LogP contribution < -0.4 is 5.32 Å². The van der Waals surface area contributed by atoms with Crippen molar-refractivity contribution in [1.82, 2.24) is 14.9 Å². The Balaban J connectivity index is 1.57. The van der Waals surface area contributed by atoms with Crippen LogP contribution in [0.3, 0.4) is 0 Å². The quantitative estimate of drug-likeness (QED) is 0.852. The number of ether oxygens (including phenoxy) is 1. The Hall–Kier alpha value is -1.24. The molecule has 23 heavy (non-hydrogen) atoms. The lowest BCUT2D eigenvalue weighted by atomic mass is 9.89. The van der Waals surface area contributed by atoms with E-state index in [1.807, 2.05) is 7.05 Å². The maximum atomic E-state index is 10.7. The summed E-state index contributed by atoms with van der Waals surface area (Å²) in [5.74, 6) is 1.46. The lowest BCUT2D eigenvalue weighted by Crippen LogP contribution is -2.49. The first-order valence-electron chi connectivity index (χ1n) is 8.69. The molecule has 0 unspecified atom stereocenters. The van der Waals surface area contributed by atoms with E-state index in [2.05, 4.69) is 20.2 Å². The lowest BCUT2D eigenvalue weighted by molar-refractivity contribution is -0.0838. The summed E-state index contributed by atoms with van der Waals surface area (Å²) in [5.41, 5.74) is 0.481. The third-order valence-corrected chi connectivity index (χ3v) is 5.04. The first-order valence-corrected chi connectivity index (χ1v) is 8.69. The predicted molar refractivity (Wildman–Crippen MR) is 89.4 cm³/mol. The summed E-state index contributed by atoms with van der Waals surface area (Å²) in [6.45, 7) is 4.24. The zero-order valence-electron chi connectivity index (χ0n) is 14.0. The number of nitrogens with one attached hydrogen (secondary N) is 1. The standard InChI is InChI=1S/C17H28N4O2/c1-18-16-15(19-6-7-20-16)11-14-3-2-8-21(12-14)13-17(22)4-9-23-10-5-17/h6-7,14,22H,2-5,8-13H2,1H3,(H,18,20)/t14-/m1/s1. The normalized spacial score (nSPS) is 25.2. The molecular weight excluding hydrogens is 292 g/mol. The average Bonchev–Trinajstić information content (AvgIpc) is 2.56. The molecule has 6 nitrogen and oxygen atoms in total. The minimum absolute atomic E-state index is 0.567. The van der Waals surface area contributed by atoms with Gasteiger partial charge in [-0.25, -0.2) is 4.98 Å². The third-order valence-electron chi connectivity index (χ3n) is 5.04. The molecule has 0 spiro atoms. The van der Waals surface area contributed by atoms with Crippen molar-refractivity contribution in [2.45, 2.75) is 37.7 Å². The summed E-state index contributed by atoms with van der Waals surface area (Å²) in [7, 11) is 1.89. The molecule has 2 N–H and O–H groups in total. The van der Waals surface area contributed by atoms with Crippen molar-refractivity contribution in [3.8, 4) is 0 Å². The van der Waals surface area contributed by atoms with E-state index in [0.29, 0.717) is 19.1 Å². The lowest BCUT2D eigenvalue weighted by Gasteiger charge is -2.40. The van der Waals surface area contributed by atoms with Gasteiger partial charge in [-0.2, -0.15) is 0 Å². The molecule has 0 radical (unpaired) electrons. The van der Waals surface area contributed by atoms with Crippen LogP contribution in [0, 0.1) is 5.92 Å². The van der Waals surface area contributed by atoms with Crippen LogP contribution in [0.2, 0.25) is 0 Å². The van der Waals surface area contributed by atoms with Crippen LogP contribution in [-0.2, 0) is 11.2 Å². The Morgan fingerprint density at radius 2 is 2.13 bits per heavy atom. The molecule has 0 aliphatic carbocycles. The highest BCUT2D eigenvalue weighted by molar-refractivity contribution is 5.38. The molecule has 1 atom stereocenters. The van der Waals surface area contributed by atoms with Gasteiger partial charge in [0.05, 0.1) is 11.3 Å². The second-order valence-corrected chi connectivity index (χ2v) is 6.89. The molecular formula is C17H28N4O2. The predicted octanol–water partition coefficient (Wildman–Crippen LogP) is 1.31.